The van der Waals surface area contributed by atoms with Crippen LogP contribution in [0.1, 0.15) is 10.4 Å². The number of nitrogens with one attached hydrogen (secondary N) is 2. The fourth-order valence-electron chi connectivity index (χ4n) is 1.54. The maximum absolute atomic E-state index is 11.5. The van der Waals surface area contributed by atoms with Gasteiger partial charge in [-0.1, -0.05) is 0 Å². The molecule has 0 aliphatic carbocycles. The number of benzene rings is 1. The second kappa shape index (κ2) is 6.69. The van der Waals surface area contributed by atoms with Gasteiger partial charge in [-0.25, -0.2) is 0 Å². The Balaban J connectivity index is 2.95. The van der Waals surface area contributed by atoms with E-state index < -0.39 is 4.92 Å². The summed E-state index contributed by atoms with van der Waals surface area (Å²) < 4.78 is 0. The van der Waals surface area contributed by atoms with Gasteiger partial charge in [0.2, 0.25) is 0 Å². The molecule has 7 nitrogen and oxygen atoms in total. The number of anilines is 1. The van der Waals surface area contributed by atoms with Crippen molar-refractivity contribution in [1.82, 2.24) is 10.2 Å². The zero-order chi connectivity index (χ0) is 14.4. The molecule has 0 fully saturated rings. The lowest BCUT2D eigenvalue weighted by molar-refractivity contribution is -0.384. The fourth-order valence-corrected chi connectivity index (χ4v) is 1.54. The second-order valence-corrected chi connectivity index (χ2v) is 4.30. The number of carbonyl (C=O) groups is 1. The van der Waals surface area contributed by atoms with Crippen molar-refractivity contribution in [2.45, 2.75) is 0 Å². The first-order valence-electron chi connectivity index (χ1n) is 5.85. The second-order valence-electron chi connectivity index (χ2n) is 4.30. The quantitative estimate of drug-likeness (QED) is 0.590. The van der Waals surface area contributed by atoms with Crippen LogP contribution in [0.3, 0.4) is 0 Å². The predicted octanol–water partition coefficient (Wildman–Crippen LogP) is 0.928. The van der Waals surface area contributed by atoms with E-state index in [0.717, 1.165) is 6.54 Å². The highest BCUT2D eigenvalue weighted by molar-refractivity contribution is 5.95. The summed E-state index contributed by atoms with van der Waals surface area (Å²) in [4.78, 5) is 23.9. The topological polar surface area (TPSA) is 87.5 Å². The maximum atomic E-state index is 11.5. The van der Waals surface area contributed by atoms with Crippen LogP contribution in [0.2, 0.25) is 0 Å². The Labute approximate surface area is 111 Å². The number of hydrogen-bond acceptors (Lipinski definition) is 5. The van der Waals surface area contributed by atoms with Crippen molar-refractivity contribution >= 4 is 17.3 Å². The number of rotatable bonds is 6. The highest BCUT2D eigenvalue weighted by Crippen LogP contribution is 2.25. The predicted molar refractivity (Wildman–Crippen MR) is 73.5 cm³/mol. The Morgan fingerprint density at radius 3 is 2.63 bits per heavy atom. The van der Waals surface area contributed by atoms with Gasteiger partial charge in [0.25, 0.3) is 11.6 Å². The Morgan fingerprint density at radius 1 is 1.42 bits per heavy atom. The summed E-state index contributed by atoms with van der Waals surface area (Å²) in [5.74, 6) is -0.273. The Hall–Kier alpha value is -2.15. The van der Waals surface area contributed by atoms with Gasteiger partial charge in [0.05, 0.1) is 4.92 Å². The molecule has 0 aliphatic rings. The van der Waals surface area contributed by atoms with Crippen LogP contribution < -0.4 is 10.6 Å². The molecule has 104 valence electrons. The van der Waals surface area contributed by atoms with Crippen molar-refractivity contribution in [3.05, 3.63) is 33.9 Å². The van der Waals surface area contributed by atoms with E-state index in [2.05, 4.69) is 10.6 Å². The lowest BCUT2D eigenvalue weighted by Crippen LogP contribution is -2.22. The van der Waals surface area contributed by atoms with Crippen LogP contribution in [0.15, 0.2) is 18.2 Å². The van der Waals surface area contributed by atoms with Gasteiger partial charge in [0, 0.05) is 31.8 Å². The molecule has 19 heavy (non-hydrogen) atoms. The maximum Gasteiger partial charge on any atom is 0.292 e. The van der Waals surface area contributed by atoms with E-state index in [-0.39, 0.29) is 11.6 Å². The van der Waals surface area contributed by atoms with Gasteiger partial charge in [-0.05, 0) is 26.2 Å². The van der Waals surface area contributed by atoms with Gasteiger partial charge in [-0.15, -0.1) is 0 Å². The van der Waals surface area contributed by atoms with Crippen LogP contribution in [0.25, 0.3) is 0 Å². The molecule has 1 aromatic rings. The normalized spacial score (nSPS) is 10.3. The summed E-state index contributed by atoms with van der Waals surface area (Å²) in [6, 6.07) is 4.27. The molecule has 1 aromatic carbocycles. The third-order valence-corrected chi connectivity index (χ3v) is 2.56. The number of carbonyl (C=O) groups excluding carboxylic acids is 1. The molecule has 1 rings (SSSR count). The smallest absolute Gasteiger partial charge is 0.292 e. The minimum atomic E-state index is -0.467. The summed E-state index contributed by atoms with van der Waals surface area (Å²) >= 11 is 0. The SMILES string of the molecule is CNC(=O)c1ccc([N+](=O)[O-])c(NCCN(C)C)c1. The largest absolute Gasteiger partial charge is 0.378 e. The Kier molecular flexibility index (Phi) is 5.25. The highest BCUT2D eigenvalue weighted by atomic mass is 16.6. The van der Waals surface area contributed by atoms with Crippen molar-refractivity contribution in [3.8, 4) is 0 Å². The van der Waals surface area contributed by atoms with Crippen LogP contribution in [0.5, 0.6) is 0 Å². The van der Waals surface area contributed by atoms with Crippen molar-refractivity contribution in [1.29, 1.82) is 0 Å². The van der Waals surface area contributed by atoms with Gasteiger partial charge in [-0.2, -0.15) is 0 Å². The van der Waals surface area contributed by atoms with Crippen molar-refractivity contribution in [2.24, 2.45) is 0 Å². The van der Waals surface area contributed by atoms with E-state index >= 15 is 0 Å². The average Bonchev–Trinajstić information content (AvgIpc) is 2.37. The first-order valence-corrected chi connectivity index (χ1v) is 5.85. The first-order chi connectivity index (χ1) is 8.95. The standard InChI is InChI=1S/C12H18N4O3/c1-13-12(17)9-4-5-11(16(18)19)10(8-9)14-6-7-15(2)3/h4-5,8,14H,6-7H2,1-3H3,(H,13,17). The number of nitrogens with zero attached hydrogens (tertiary/aromatic N) is 2. The molecule has 0 aromatic heterocycles. The van der Waals surface area contributed by atoms with Crippen molar-refractivity contribution in [2.75, 3.05) is 39.5 Å². The van der Waals surface area contributed by atoms with Gasteiger partial charge in [-0.3, -0.25) is 14.9 Å². The van der Waals surface area contributed by atoms with E-state index in [0.29, 0.717) is 17.8 Å². The summed E-state index contributed by atoms with van der Waals surface area (Å²) in [6.45, 7) is 1.30. The van der Waals surface area contributed by atoms with E-state index in [1.807, 2.05) is 19.0 Å². The number of likely N-dealkylation sites (N-methyl/N-ethyl adjacent to an activating group) is 1. The molecule has 0 unspecified atom stereocenters. The number of hydrogen-bond donors (Lipinski definition) is 2. The van der Waals surface area contributed by atoms with Gasteiger partial charge >= 0.3 is 0 Å². The van der Waals surface area contributed by atoms with Crippen LogP contribution >= 0.6 is 0 Å². The molecule has 0 radical (unpaired) electrons. The molecular formula is C12H18N4O3. The minimum Gasteiger partial charge on any atom is -0.378 e. The molecule has 0 atom stereocenters. The van der Waals surface area contributed by atoms with Gasteiger partial charge in [0.1, 0.15) is 5.69 Å². The fraction of sp³-hybridized carbons (Fsp3) is 0.417. The molecule has 2 N–H and O–H groups in total. The third kappa shape index (κ3) is 4.22. The zero-order valence-electron chi connectivity index (χ0n) is 11.3. The third-order valence-electron chi connectivity index (χ3n) is 2.56. The molecule has 0 saturated carbocycles. The summed E-state index contributed by atoms with van der Waals surface area (Å²) in [7, 11) is 5.34. The van der Waals surface area contributed by atoms with Gasteiger partial charge in [0.15, 0.2) is 0 Å². The first kappa shape index (κ1) is 14.9. The average molecular weight is 266 g/mol. The monoisotopic (exact) mass is 266 g/mol. The summed E-state index contributed by atoms with van der Waals surface area (Å²) in [5, 5.41) is 16.4. The molecule has 0 saturated heterocycles. The van der Waals surface area contributed by atoms with Crippen LogP contribution in [0, 0.1) is 10.1 Å². The molecule has 0 bridgehead atoms. The molecule has 7 heteroatoms. The Bertz CT molecular complexity index is 474. The molecular weight excluding hydrogens is 248 g/mol. The highest BCUT2D eigenvalue weighted by Gasteiger charge is 2.16. The van der Waals surface area contributed by atoms with Crippen LogP contribution in [-0.4, -0.2) is 50.0 Å². The van der Waals surface area contributed by atoms with E-state index in [1.54, 1.807) is 0 Å². The Morgan fingerprint density at radius 2 is 2.11 bits per heavy atom. The van der Waals surface area contributed by atoms with Gasteiger partial charge < -0.3 is 15.5 Å². The lowest BCUT2D eigenvalue weighted by Gasteiger charge is -2.12. The number of amides is 1. The molecule has 0 heterocycles. The molecule has 0 spiro atoms. The van der Waals surface area contributed by atoms with Crippen LogP contribution in [-0.2, 0) is 0 Å². The lowest BCUT2D eigenvalue weighted by atomic mass is 10.1. The summed E-state index contributed by atoms with van der Waals surface area (Å²) in [6.07, 6.45) is 0. The van der Waals surface area contributed by atoms with E-state index in [9.17, 15) is 14.9 Å². The van der Waals surface area contributed by atoms with E-state index in [1.165, 1.54) is 25.2 Å². The number of nitro benzene ring substituents is 1. The van der Waals surface area contributed by atoms with E-state index in [4.69, 9.17) is 0 Å². The minimum absolute atomic E-state index is 0.0357. The van der Waals surface area contributed by atoms with Crippen LogP contribution in [0.4, 0.5) is 11.4 Å². The number of nitro groups is 1. The molecule has 1 amide bonds. The van der Waals surface area contributed by atoms with Crippen molar-refractivity contribution < 1.29 is 9.72 Å². The zero-order valence-corrected chi connectivity index (χ0v) is 11.3. The molecule has 0 aliphatic heterocycles. The summed E-state index contributed by atoms with van der Waals surface area (Å²) in [5.41, 5.74) is 0.708. The van der Waals surface area contributed by atoms with Crippen molar-refractivity contribution in [3.63, 3.8) is 0 Å².